The molecule has 0 spiro atoms. The topological polar surface area (TPSA) is 44.4 Å². The molecule has 0 N–H and O–H groups in total. The largest absolute Gasteiger partial charge is 0.309 e. The number of hydrogen-bond acceptors (Lipinski definition) is 0. The van der Waals surface area contributed by atoms with E-state index in [-0.39, 0.29) is 0 Å². The lowest BCUT2D eigenvalue weighted by Gasteiger charge is -2.13. The van der Waals surface area contributed by atoms with Crippen molar-refractivity contribution < 1.29 is 0 Å². The van der Waals surface area contributed by atoms with Crippen LogP contribution >= 0.6 is 0 Å². The van der Waals surface area contributed by atoms with Gasteiger partial charge in [-0.15, -0.1) is 0 Å². The van der Waals surface area contributed by atoms with E-state index in [2.05, 4.69) is 569 Å². The number of aromatic nitrogens is 9. The Balaban J connectivity index is 0.000000101. The third kappa shape index (κ3) is 12.6. The van der Waals surface area contributed by atoms with E-state index in [0.717, 1.165) is 28.4 Å². The van der Waals surface area contributed by atoms with Crippen molar-refractivity contribution in [2.45, 2.75) is 0 Å². The Morgan fingerprint density at radius 2 is 0.248 bits per heavy atom. The molecule has 0 amide bonds. The number of para-hydroxylation sites is 13. The van der Waals surface area contributed by atoms with Gasteiger partial charge in [-0.05, 0) is 234 Å². The molecule has 23 aromatic carbocycles. The Bertz CT molecular complexity index is 10800. The van der Waals surface area contributed by atoms with Crippen LogP contribution in [0, 0.1) is 0 Å². The highest BCUT2D eigenvalue weighted by Crippen LogP contribution is 2.47. The zero-order valence-corrected chi connectivity index (χ0v) is 78.8. The minimum Gasteiger partial charge on any atom is -0.309 e. The Kier molecular flexibility index (Phi) is 18.3. The van der Waals surface area contributed by atoms with Gasteiger partial charge in [-0.2, -0.15) is 0 Å². The summed E-state index contributed by atoms with van der Waals surface area (Å²) in [5.74, 6) is 0. The number of nitrogens with zero attached hydrogens (tertiary/aromatic N) is 9. The van der Waals surface area contributed by atoms with Crippen LogP contribution < -0.4 is 0 Å². The van der Waals surface area contributed by atoms with Crippen LogP contribution in [0.4, 0.5) is 0 Å². The molecule has 9 nitrogen and oxygen atoms in total. The van der Waals surface area contributed by atoms with Crippen molar-refractivity contribution in [3.63, 3.8) is 0 Å². The van der Waals surface area contributed by atoms with Gasteiger partial charge in [0.1, 0.15) is 0 Å². The summed E-state index contributed by atoms with van der Waals surface area (Å²) in [5, 5.41) is 25.1. The third-order valence-electron chi connectivity index (χ3n) is 30.4. The van der Waals surface area contributed by atoms with Gasteiger partial charge in [0.25, 0.3) is 0 Å². The SMILES string of the molecule is c1cc(-n2c3ccccc3c3ccccc32)cc(-n2c3ccccc3c3cc(-n4c5ccccc5c5ccccc54)ccc32)c1.c1ccc(-c2cccc(-n3c4ccccc4c4cc(-n5c6ccccc6c6cc(-n7c8ccccc8c8ccccc87)ccc65)ccc43)c2)cc1.c1ccc2cc(-n3c4ccccc4c4cc(-n5c6ccccc6c6cc(-n7c8ccccc8c8ccccc87)ccc65)ccc43)ccc2c1. The van der Waals surface area contributed by atoms with Crippen LogP contribution in [0.2, 0.25) is 0 Å². The summed E-state index contributed by atoms with van der Waals surface area (Å²) in [6.07, 6.45) is 0. The zero-order chi connectivity index (χ0) is 95.0. The fourth-order valence-corrected chi connectivity index (χ4v) is 24.2. The quantitative estimate of drug-likeness (QED) is 0.131. The molecule has 0 fully saturated rings. The van der Waals surface area contributed by atoms with E-state index in [9.17, 15) is 0 Å². The lowest BCUT2D eigenvalue weighted by atomic mass is 10.1. The number of rotatable bonds is 10. The predicted octanol–water partition coefficient (Wildman–Crippen LogP) is 35.8. The van der Waals surface area contributed by atoms with Crippen molar-refractivity contribution in [2.24, 2.45) is 0 Å². The van der Waals surface area contributed by atoms with Gasteiger partial charge in [-0.1, -0.05) is 315 Å². The van der Waals surface area contributed by atoms with E-state index in [4.69, 9.17) is 0 Å². The van der Waals surface area contributed by atoms with E-state index in [0.29, 0.717) is 0 Å². The normalized spacial score (nSPS) is 12.0. The van der Waals surface area contributed by atoms with E-state index < -0.39 is 0 Å². The Morgan fingerprint density at radius 3 is 0.497 bits per heavy atom. The fraction of sp³-hybridized carbons (Fsp3) is 0. The second-order valence-electron chi connectivity index (χ2n) is 38.2. The highest BCUT2D eigenvalue weighted by Gasteiger charge is 2.26. The fourth-order valence-electron chi connectivity index (χ4n) is 24.2. The number of benzene rings is 23. The lowest BCUT2D eigenvalue weighted by Crippen LogP contribution is -1.99. The van der Waals surface area contributed by atoms with Crippen LogP contribution in [0.1, 0.15) is 0 Å². The van der Waals surface area contributed by atoms with Crippen molar-refractivity contribution in [1.82, 2.24) is 41.1 Å². The van der Waals surface area contributed by atoms with Crippen LogP contribution in [0.3, 0.4) is 0 Å². The molecule has 0 saturated carbocycles. The first-order chi connectivity index (χ1) is 72.0. The first-order valence-corrected chi connectivity index (χ1v) is 49.9. The molecule has 32 rings (SSSR count). The summed E-state index contributed by atoms with van der Waals surface area (Å²) in [7, 11) is 0. The Labute approximate surface area is 832 Å². The van der Waals surface area contributed by atoms with Crippen LogP contribution in [0.25, 0.3) is 269 Å². The first kappa shape index (κ1) is 81.5. The average Bonchev–Trinajstić information content (AvgIpc) is 1.56. The maximum Gasteiger partial charge on any atom is 0.0542 e. The summed E-state index contributed by atoms with van der Waals surface area (Å²) in [6.45, 7) is 0. The molecular weight excluding hydrogens is 1760 g/mol. The van der Waals surface area contributed by atoms with Crippen LogP contribution in [-0.4, -0.2) is 41.1 Å². The molecule has 0 saturated heterocycles. The monoisotopic (exact) mass is 1850 g/mol. The van der Waals surface area contributed by atoms with Crippen LogP contribution in [-0.2, 0) is 0 Å². The molecular formula is C136H87N9. The summed E-state index contributed by atoms with van der Waals surface area (Å²) in [6, 6.07) is 192. The maximum atomic E-state index is 2.43. The molecule has 0 bridgehead atoms. The van der Waals surface area contributed by atoms with E-state index in [1.165, 1.54) is 241 Å². The smallest absolute Gasteiger partial charge is 0.0542 e. The van der Waals surface area contributed by atoms with E-state index in [1.807, 2.05) is 0 Å². The summed E-state index contributed by atoms with van der Waals surface area (Å²) < 4.78 is 21.7. The van der Waals surface area contributed by atoms with Gasteiger partial charge in [0.2, 0.25) is 0 Å². The molecule has 9 heterocycles. The second-order valence-corrected chi connectivity index (χ2v) is 38.2. The van der Waals surface area contributed by atoms with Gasteiger partial charge >= 0.3 is 0 Å². The van der Waals surface area contributed by atoms with Gasteiger partial charge < -0.3 is 41.1 Å². The molecule has 0 aliphatic rings. The van der Waals surface area contributed by atoms with Gasteiger partial charge in [0.15, 0.2) is 0 Å². The zero-order valence-electron chi connectivity index (χ0n) is 78.8. The van der Waals surface area contributed by atoms with Crippen molar-refractivity contribution in [3.05, 3.63) is 528 Å². The molecule has 0 radical (unpaired) electrons. The van der Waals surface area contributed by atoms with Crippen molar-refractivity contribution >= 4 is 207 Å². The predicted molar refractivity (Wildman–Crippen MR) is 611 cm³/mol. The van der Waals surface area contributed by atoms with E-state index >= 15 is 0 Å². The Morgan fingerprint density at radius 1 is 0.0828 bits per heavy atom. The molecule has 0 aliphatic heterocycles. The average molecular weight is 1850 g/mol. The molecule has 9 aromatic heterocycles. The standard InChI is InChI=1S/C48H31N3.C46H29N3.C42H27N3/c1-2-13-32(14-3-1)33-15-12-16-34(29-33)49-45-23-10-6-19-39(45)41-31-36(26-27-47(41)49)51-46-24-11-7-20-40(46)42-30-35(25-28-48(42)51)50-43-21-8-4-17-37(43)38-18-5-9-22-44(38)50;1-2-12-31-27-32(22-21-30(31)11-1)47-43-19-9-5-15-37(43)39-29-34(24-25-45(39)47)49-44-20-10-6-16-38(44)40-28-33(23-26-46(40)49)48-41-17-7-3-13-35(41)36-14-4-8-18-42(36)48;1-6-19-37-31(14-1)32-15-2-7-20-38(32)43(37)28-12-11-13-29(26-28)44-41-23-10-5-18-35(41)36-27-30(24-25-42(36)44)45-39-21-8-3-16-33(39)34-17-4-9-22-40(34)45/h1-31H;1-29H;1-27H. The summed E-state index contributed by atoms with van der Waals surface area (Å²) in [4.78, 5) is 0. The molecule has 0 unspecified atom stereocenters. The molecule has 9 heteroatoms. The highest BCUT2D eigenvalue weighted by atomic mass is 15.1. The van der Waals surface area contributed by atoms with Crippen LogP contribution in [0.5, 0.6) is 0 Å². The molecule has 32 aromatic rings. The molecule has 145 heavy (non-hydrogen) atoms. The molecule has 676 valence electrons. The third-order valence-corrected chi connectivity index (χ3v) is 30.4. The minimum absolute atomic E-state index is 1.14. The number of fused-ring (bicyclic) bond motifs is 28. The highest BCUT2D eigenvalue weighted by molar-refractivity contribution is 6.19. The number of hydrogen-bond donors (Lipinski definition) is 0. The minimum atomic E-state index is 1.14. The van der Waals surface area contributed by atoms with Crippen LogP contribution in [0.15, 0.2) is 528 Å². The Hall–Kier alpha value is -19.5. The van der Waals surface area contributed by atoms with Crippen molar-refractivity contribution in [3.8, 4) is 62.3 Å². The van der Waals surface area contributed by atoms with Crippen molar-refractivity contribution in [2.75, 3.05) is 0 Å². The molecule has 0 aliphatic carbocycles. The molecule has 0 atom stereocenters. The summed E-state index contributed by atoms with van der Waals surface area (Å²) >= 11 is 0. The summed E-state index contributed by atoms with van der Waals surface area (Å²) in [5.41, 5.74) is 34.6. The van der Waals surface area contributed by atoms with Gasteiger partial charge in [0.05, 0.1) is 99.3 Å². The van der Waals surface area contributed by atoms with Crippen molar-refractivity contribution in [1.29, 1.82) is 0 Å². The first-order valence-electron chi connectivity index (χ1n) is 49.9. The van der Waals surface area contributed by atoms with Gasteiger partial charge in [0, 0.05) is 148 Å². The van der Waals surface area contributed by atoms with E-state index in [1.54, 1.807) is 0 Å². The maximum absolute atomic E-state index is 2.43. The van der Waals surface area contributed by atoms with Gasteiger partial charge in [-0.3, -0.25) is 0 Å². The second kappa shape index (κ2) is 32.6. The lowest BCUT2D eigenvalue weighted by molar-refractivity contribution is 1.13. The van der Waals surface area contributed by atoms with Gasteiger partial charge in [-0.25, -0.2) is 0 Å².